The van der Waals surface area contributed by atoms with E-state index in [1.165, 1.54) is 18.4 Å². The fourth-order valence-corrected chi connectivity index (χ4v) is 3.60. The largest absolute Gasteiger partial charge is 0.298 e. The van der Waals surface area contributed by atoms with Crippen LogP contribution in [0.1, 0.15) is 37.7 Å². The summed E-state index contributed by atoms with van der Waals surface area (Å²) in [5.41, 5.74) is 1.39. The fraction of sp³-hybridized carbons (Fsp3) is 0.611. The molecule has 1 aromatic carbocycles. The molecule has 2 fully saturated rings. The molecule has 3 heteroatoms. The summed E-state index contributed by atoms with van der Waals surface area (Å²) >= 11 is 0. The minimum Gasteiger partial charge on any atom is -0.298 e. The first-order chi connectivity index (χ1) is 10.3. The van der Waals surface area contributed by atoms with Crippen LogP contribution in [0.2, 0.25) is 0 Å². The summed E-state index contributed by atoms with van der Waals surface area (Å²) in [6, 6.07) is 10.9. The molecule has 1 aliphatic carbocycles. The van der Waals surface area contributed by atoms with Crippen molar-refractivity contribution in [3.05, 3.63) is 35.9 Å². The van der Waals surface area contributed by atoms with Gasteiger partial charge < -0.3 is 0 Å². The topological polar surface area (TPSA) is 23.6 Å². The van der Waals surface area contributed by atoms with Crippen LogP contribution in [0.3, 0.4) is 0 Å². The van der Waals surface area contributed by atoms with Gasteiger partial charge in [-0.1, -0.05) is 43.2 Å². The van der Waals surface area contributed by atoms with Crippen molar-refractivity contribution in [2.45, 2.75) is 44.7 Å². The molecule has 1 saturated carbocycles. The van der Waals surface area contributed by atoms with Crippen LogP contribution >= 0.6 is 0 Å². The van der Waals surface area contributed by atoms with E-state index in [-0.39, 0.29) is 6.04 Å². The monoisotopic (exact) mass is 286 g/mol. The summed E-state index contributed by atoms with van der Waals surface area (Å²) in [7, 11) is 0. The maximum Gasteiger partial charge on any atom is 0.149 e. The summed E-state index contributed by atoms with van der Waals surface area (Å²) in [6.45, 7) is 5.29. The molecule has 1 heterocycles. The van der Waals surface area contributed by atoms with E-state index in [0.29, 0.717) is 5.78 Å². The van der Waals surface area contributed by atoms with E-state index in [2.05, 4.69) is 40.1 Å². The van der Waals surface area contributed by atoms with Crippen molar-refractivity contribution in [3.63, 3.8) is 0 Å². The van der Waals surface area contributed by atoms with Crippen LogP contribution in [0.25, 0.3) is 0 Å². The molecule has 3 rings (SSSR count). The van der Waals surface area contributed by atoms with Crippen LogP contribution in [-0.4, -0.2) is 47.8 Å². The molecule has 1 aromatic rings. The Labute approximate surface area is 127 Å². The molecule has 0 N–H and O–H groups in total. The fourth-order valence-electron chi connectivity index (χ4n) is 3.60. The number of carbonyl (C=O) groups is 1. The maximum atomic E-state index is 12.2. The summed E-state index contributed by atoms with van der Waals surface area (Å²) in [4.78, 5) is 17.2. The highest BCUT2D eigenvalue weighted by Gasteiger charge is 2.29. The average Bonchev–Trinajstić information content (AvgIpc) is 2.74. The molecular weight excluding hydrogens is 260 g/mol. The van der Waals surface area contributed by atoms with E-state index >= 15 is 0 Å². The molecule has 3 nitrogen and oxygen atoms in total. The summed E-state index contributed by atoms with van der Waals surface area (Å²) in [6.07, 6.45) is 5.44. The first-order valence-electron chi connectivity index (χ1n) is 8.36. The number of nitrogens with zero attached hydrogens (tertiary/aromatic N) is 2. The van der Waals surface area contributed by atoms with Crippen LogP contribution in [-0.2, 0) is 11.3 Å². The number of rotatable bonds is 3. The van der Waals surface area contributed by atoms with E-state index < -0.39 is 0 Å². The van der Waals surface area contributed by atoms with E-state index in [4.69, 9.17) is 0 Å². The molecule has 1 aliphatic heterocycles. The van der Waals surface area contributed by atoms with Gasteiger partial charge in [0.05, 0.1) is 6.04 Å². The van der Waals surface area contributed by atoms with Gasteiger partial charge in [-0.3, -0.25) is 14.6 Å². The van der Waals surface area contributed by atoms with E-state index in [1.54, 1.807) is 0 Å². The highest BCUT2D eigenvalue weighted by molar-refractivity contribution is 5.84. The van der Waals surface area contributed by atoms with E-state index in [9.17, 15) is 4.79 Å². The number of hydrogen-bond acceptors (Lipinski definition) is 3. The van der Waals surface area contributed by atoms with Crippen LogP contribution in [0.5, 0.6) is 0 Å². The van der Waals surface area contributed by atoms with Crippen LogP contribution in [0.15, 0.2) is 30.3 Å². The second kappa shape index (κ2) is 7.19. The lowest BCUT2D eigenvalue weighted by molar-refractivity contribution is -0.125. The third-order valence-electron chi connectivity index (χ3n) is 4.87. The number of piperazine rings is 1. The van der Waals surface area contributed by atoms with Gasteiger partial charge in [0.2, 0.25) is 0 Å². The van der Waals surface area contributed by atoms with Crippen LogP contribution in [0.4, 0.5) is 0 Å². The molecule has 0 radical (unpaired) electrons. The Morgan fingerprint density at radius 2 is 1.71 bits per heavy atom. The van der Waals surface area contributed by atoms with Crippen molar-refractivity contribution in [2.75, 3.05) is 26.2 Å². The molecule has 1 unspecified atom stereocenters. The van der Waals surface area contributed by atoms with Crippen molar-refractivity contribution in [1.82, 2.24) is 9.80 Å². The summed E-state index contributed by atoms with van der Waals surface area (Å²) in [5.74, 6) is 0.490. The molecule has 0 aromatic heterocycles. The number of hydrogen-bond donors (Lipinski definition) is 0. The zero-order valence-corrected chi connectivity index (χ0v) is 12.8. The van der Waals surface area contributed by atoms with Crippen molar-refractivity contribution >= 4 is 5.78 Å². The Kier molecular flexibility index (Phi) is 5.04. The molecule has 2 aliphatic rings. The molecule has 114 valence electrons. The Bertz CT molecular complexity index is 452. The zero-order chi connectivity index (χ0) is 14.5. The van der Waals surface area contributed by atoms with Gasteiger partial charge in [0.25, 0.3) is 0 Å². The number of Topliss-reactive ketones (excluding diaryl/α,β-unsaturated/α-hetero) is 1. The van der Waals surface area contributed by atoms with Gasteiger partial charge >= 0.3 is 0 Å². The lowest BCUT2D eigenvalue weighted by Gasteiger charge is -2.38. The van der Waals surface area contributed by atoms with Crippen molar-refractivity contribution < 1.29 is 4.79 Å². The van der Waals surface area contributed by atoms with Gasteiger partial charge in [-0.05, 0) is 18.4 Å². The van der Waals surface area contributed by atoms with Gasteiger partial charge in [0, 0.05) is 39.1 Å². The van der Waals surface area contributed by atoms with Gasteiger partial charge in [0.15, 0.2) is 0 Å². The lowest BCUT2D eigenvalue weighted by atomic mass is 10.0. The molecule has 21 heavy (non-hydrogen) atoms. The summed E-state index contributed by atoms with van der Waals surface area (Å²) < 4.78 is 0. The molecule has 0 spiro atoms. The van der Waals surface area contributed by atoms with Crippen LogP contribution in [0, 0.1) is 0 Å². The normalized spacial score (nSPS) is 25.7. The Hall–Kier alpha value is -1.19. The van der Waals surface area contributed by atoms with E-state index in [1.807, 2.05) is 0 Å². The maximum absolute atomic E-state index is 12.2. The predicted molar refractivity (Wildman–Crippen MR) is 85.2 cm³/mol. The van der Waals surface area contributed by atoms with Gasteiger partial charge in [-0.25, -0.2) is 0 Å². The second-order valence-corrected chi connectivity index (χ2v) is 6.38. The lowest BCUT2D eigenvalue weighted by Crippen LogP contribution is -2.52. The Morgan fingerprint density at radius 1 is 0.952 bits per heavy atom. The first-order valence-corrected chi connectivity index (χ1v) is 8.36. The SMILES string of the molecule is O=C1CCCCCC1N1CCN(Cc2ccccc2)CC1. The molecule has 0 amide bonds. The summed E-state index contributed by atoms with van der Waals surface area (Å²) in [5, 5.41) is 0. The van der Waals surface area contributed by atoms with Crippen molar-refractivity contribution in [1.29, 1.82) is 0 Å². The zero-order valence-electron chi connectivity index (χ0n) is 12.8. The van der Waals surface area contributed by atoms with Gasteiger partial charge in [-0.15, -0.1) is 0 Å². The third-order valence-corrected chi connectivity index (χ3v) is 4.87. The highest BCUT2D eigenvalue weighted by Crippen LogP contribution is 2.21. The minimum atomic E-state index is 0.214. The predicted octanol–water partition coefficient (Wildman–Crippen LogP) is 2.71. The molecule has 1 atom stereocenters. The highest BCUT2D eigenvalue weighted by atomic mass is 16.1. The Morgan fingerprint density at radius 3 is 2.48 bits per heavy atom. The quantitative estimate of drug-likeness (QED) is 0.798. The number of benzene rings is 1. The van der Waals surface area contributed by atoms with Crippen molar-refractivity contribution in [3.8, 4) is 0 Å². The molecule has 0 bridgehead atoms. The third kappa shape index (κ3) is 3.92. The van der Waals surface area contributed by atoms with Gasteiger partial charge in [0.1, 0.15) is 5.78 Å². The number of ketones is 1. The average molecular weight is 286 g/mol. The van der Waals surface area contributed by atoms with E-state index in [0.717, 1.165) is 52.0 Å². The first kappa shape index (κ1) is 14.7. The van der Waals surface area contributed by atoms with Crippen molar-refractivity contribution in [2.24, 2.45) is 0 Å². The number of carbonyl (C=O) groups excluding carboxylic acids is 1. The van der Waals surface area contributed by atoms with Crippen LogP contribution < -0.4 is 0 Å². The second-order valence-electron chi connectivity index (χ2n) is 6.38. The smallest absolute Gasteiger partial charge is 0.149 e. The molecule has 1 saturated heterocycles. The molecular formula is C18H26N2O. The Balaban J connectivity index is 1.51. The minimum absolute atomic E-state index is 0.214. The van der Waals surface area contributed by atoms with Gasteiger partial charge in [-0.2, -0.15) is 0 Å². The standard InChI is InChI=1S/C18H26N2O/c21-18-10-6-2-5-9-17(18)20-13-11-19(12-14-20)15-16-7-3-1-4-8-16/h1,3-4,7-8,17H,2,5-6,9-15H2.